The highest BCUT2D eigenvalue weighted by atomic mass is 35.5. The van der Waals surface area contributed by atoms with Gasteiger partial charge in [-0.1, -0.05) is 11.6 Å². The Morgan fingerprint density at radius 1 is 1.50 bits per heavy atom. The number of halogens is 1. The predicted octanol–water partition coefficient (Wildman–Crippen LogP) is 2.00. The quantitative estimate of drug-likeness (QED) is 0.843. The van der Waals surface area contributed by atoms with Gasteiger partial charge in [0.15, 0.2) is 0 Å². The molecule has 0 saturated carbocycles. The molecule has 0 saturated heterocycles. The van der Waals surface area contributed by atoms with Crippen LogP contribution in [-0.4, -0.2) is 17.2 Å². The monoisotopic (exact) mass is 241 g/mol. The Balaban J connectivity index is 2.67. The van der Waals surface area contributed by atoms with E-state index in [1.54, 1.807) is 12.1 Å². The fraction of sp³-hybridized carbons (Fsp3) is 0.100. The van der Waals surface area contributed by atoms with Crippen LogP contribution in [0, 0.1) is 0 Å². The number of nitrogens with one attached hydrogen (secondary N) is 1. The van der Waals surface area contributed by atoms with Crippen LogP contribution in [0.1, 0.15) is 0 Å². The van der Waals surface area contributed by atoms with Crippen molar-refractivity contribution in [3.8, 4) is 23.0 Å². The van der Waals surface area contributed by atoms with Crippen molar-refractivity contribution in [2.45, 2.75) is 0 Å². The molecule has 84 valence electrons. The summed E-state index contributed by atoms with van der Waals surface area (Å²) in [7, 11) is 1.47. The Morgan fingerprint density at radius 2 is 2.25 bits per heavy atom. The van der Waals surface area contributed by atoms with Crippen LogP contribution in [-0.2, 0) is 0 Å². The van der Waals surface area contributed by atoms with Crippen molar-refractivity contribution in [2.75, 3.05) is 7.11 Å². The first-order valence-electron chi connectivity index (χ1n) is 4.38. The molecule has 2 N–H and O–H groups in total. The molecule has 1 heterocycles. The van der Waals surface area contributed by atoms with Gasteiger partial charge in [0.25, 0.3) is 0 Å². The Kier molecular flexibility index (Phi) is 2.62. The Morgan fingerprint density at radius 3 is 2.81 bits per heavy atom. The maximum absolute atomic E-state index is 10.9. The fourth-order valence-electron chi connectivity index (χ4n) is 1.36. The normalized spacial score (nSPS) is 10.4. The van der Waals surface area contributed by atoms with Crippen LogP contribution in [0.4, 0.5) is 0 Å². The maximum atomic E-state index is 10.9. The summed E-state index contributed by atoms with van der Waals surface area (Å²) >= 11 is 5.82. The lowest BCUT2D eigenvalue weighted by Crippen LogP contribution is -1.93. The number of aromatic hydroxyl groups is 1. The zero-order valence-corrected chi connectivity index (χ0v) is 9.04. The molecule has 0 atom stereocenters. The molecule has 0 aliphatic carbocycles. The summed E-state index contributed by atoms with van der Waals surface area (Å²) < 4.78 is 9.87. The van der Waals surface area contributed by atoms with Crippen LogP contribution < -0.4 is 10.5 Å². The van der Waals surface area contributed by atoms with E-state index in [1.165, 1.54) is 13.2 Å². The van der Waals surface area contributed by atoms with E-state index < -0.39 is 5.76 Å². The van der Waals surface area contributed by atoms with Gasteiger partial charge in [0.1, 0.15) is 5.75 Å². The van der Waals surface area contributed by atoms with E-state index in [0.717, 1.165) is 0 Å². The number of hydrogen-bond donors (Lipinski definition) is 2. The van der Waals surface area contributed by atoms with Gasteiger partial charge in [-0.05, 0) is 18.2 Å². The first-order chi connectivity index (χ1) is 7.61. The minimum Gasteiger partial charge on any atom is -0.496 e. The number of aromatic amines is 1. The van der Waals surface area contributed by atoms with Gasteiger partial charge >= 0.3 is 5.76 Å². The average molecular weight is 242 g/mol. The van der Waals surface area contributed by atoms with Crippen LogP contribution in [0.15, 0.2) is 27.4 Å². The number of rotatable bonds is 2. The maximum Gasteiger partial charge on any atom is 0.419 e. The van der Waals surface area contributed by atoms with Crippen molar-refractivity contribution in [1.82, 2.24) is 4.98 Å². The van der Waals surface area contributed by atoms with Gasteiger partial charge in [0.2, 0.25) is 11.6 Å². The molecule has 0 spiro atoms. The van der Waals surface area contributed by atoms with Gasteiger partial charge < -0.3 is 14.3 Å². The van der Waals surface area contributed by atoms with Crippen LogP contribution in [0.2, 0.25) is 5.02 Å². The zero-order chi connectivity index (χ0) is 11.7. The Hall–Kier alpha value is -1.88. The molecule has 0 aliphatic heterocycles. The van der Waals surface area contributed by atoms with Crippen molar-refractivity contribution >= 4 is 11.6 Å². The van der Waals surface area contributed by atoms with Gasteiger partial charge in [-0.25, -0.2) is 4.79 Å². The minimum atomic E-state index is -0.741. The minimum absolute atomic E-state index is 0.00403. The number of aromatic nitrogens is 1. The number of ether oxygens (including phenoxy) is 1. The highest BCUT2D eigenvalue weighted by Crippen LogP contribution is 2.35. The number of oxazole rings is 1. The molecule has 2 aromatic rings. The molecule has 0 fully saturated rings. The van der Waals surface area contributed by atoms with Crippen molar-refractivity contribution < 1.29 is 14.3 Å². The summed E-state index contributed by atoms with van der Waals surface area (Å²) in [6.45, 7) is 0. The summed E-state index contributed by atoms with van der Waals surface area (Å²) in [6, 6.07) is 4.78. The lowest BCUT2D eigenvalue weighted by Gasteiger charge is -2.05. The third-order valence-corrected chi connectivity index (χ3v) is 2.27. The molecular formula is C10H8ClNO4. The lowest BCUT2D eigenvalue weighted by atomic mass is 10.1. The number of H-pyrrole nitrogens is 1. The molecule has 5 nitrogen and oxygen atoms in total. The Labute approximate surface area is 95.2 Å². The van der Waals surface area contributed by atoms with Gasteiger partial charge in [-0.15, -0.1) is 0 Å². The van der Waals surface area contributed by atoms with E-state index in [2.05, 4.69) is 4.98 Å². The first-order valence-corrected chi connectivity index (χ1v) is 4.75. The van der Waals surface area contributed by atoms with E-state index in [4.69, 9.17) is 20.8 Å². The van der Waals surface area contributed by atoms with E-state index in [0.29, 0.717) is 16.3 Å². The number of hydrogen-bond acceptors (Lipinski definition) is 4. The highest BCUT2D eigenvalue weighted by Gasteiger charge is 2.16. The highest BCUT2D eigenvalue weighted by molar-refractivity contribution is 6.30. The summed E-state index contributed by atoms with van der Waals surface area (Å²) in [5.74, 6) is -0.646. The molecule has 1 aromatic carbocycles. The first kappa shape index (κ1) is 10.6. The van der Waals surface area contributed by atoms with Gasteiger partial charge in [0, 0.05) is 5.02 Å². The summed E-state index contributed by atoms with van der Waals surface area (Å²) in [4.78, 5) is 13.0. The van der Waals surface area contributed by atoms with E-state index >= 15 is 0 Å². The molecule has 16 heavy (non-hydrogen) atoms. The molecule has 0 radical (unpaired) electrons. The zero-order valence-electron chi connectivity index (χ0n) is 8.28. The summed E-state index contributed by atoms with van der Waals surface area (Å²) in [5, 5.41) is 9.89. The molecule has 1 aromatic heterocycles. The summed E-state index contributed by atoms with van der Waals surface area (Å²) in [6.07, 6.45) is 0. The van der Waals surface area contributed by atoms with Gasteiger partial charge in [-0.2, -0.15) is 0 Å². The third-order valence-electron chi connectivity index (χ3n) is 2.04. The summed E-state index contributed by atoms with van der Waals surface area (Å²) in [5.41, 5.74) is 0.408. The molecule has 0 unspecified atom stereocenters. The Bertz CT molecular complexity index is 572. The van der Waals surface area contributed by atoms with Crippen LogP contribution in [0.5, 0.6) is 11.6 Å². The number of methoxy groups -OCH3 is 1. The molecule has 0 amide bonds. The largest absolute Gasteiger partial charge is 0.496 e. The van der Waals surface area contributed by atoms with Crippen LogP contribution >= 0.6 is 11.6 Å². The van der Waals surface area contributed by atoms with Crippen LogP contribution in [0.25, 0.3) is 11.3 Å². The second kappa shape index (κ2) is 3.94. The molecule has 0 bridgehead atoms. The fourth-order valence-corrected chi connectivity index (χ4v) is 1.53. The number of benzene rings is 1. The predicted molar refractivity (Wildman–Crippen MR) is 58.0 cm³/mol. The van der Waals surface area contributed by atoms with Crippen LogP contribution in [0.3, 0.4) is 0 Å². The molecule has 6 heteroatoms. The topological polar surface area (TPSA) is 75.5 Å². The van der Waals surface area contributed by atoms with E-state index in [1.807, 2.05) is 0 Å². The second-order valence-corrected chi connectivity index (χ2v) is 3.47. The van der Waals surface area contributed by atoms with Crippen molar-refractivity contribution in [2.24, 2.45) is 0 Å². The standard InChI is InChI=1S/C10H8ClNO4/c1-15-7-3-2-5(11)4-6(7)8-9(13)12-10(14)16-8/h2-4,13H,1H3,(H,12,14). The van der Waals surface area contributed by atoms with Gasteiger partial charge in [-0.3, -0.25) is 4.98 Å². The van der Waals surface area contributed by atoms with E-state index in [9.17, 15) is 9.90 Å². The third kappa shape index (κ3) is 1.77. The van der Waals surface area contributed by atoms with Gasteiger partial charge in [0.05, 0.1) is 12.7 Å². The van der Waals surface area contributed by atoms with E-state index in [-0.39, 0.29) is 11.6 Å². The molecule has 2 rings (SSSR count). The second-order valence-electron chi connectivity index (χ2n) is 3.04. The van der Waals surface area contributed by atoms with Crippen molar-refractivity contribution in [1.29, 1.82) is 0 Å². The SMILES string of the molecule is COc1ccc(Cl)cc1-c1oc(=O)[nH]c1O. The van der Waals surface area contributed by atoms with Crippen molar-refractivity contribution in [3.63, 3.8) is 0 Å². The average Bonchev–Trinajstić information content (AvgIpc) is 2.57. The van der Waals surface area contributed by atoms with Crippen molar-refractivity contribution in [3.05, 3.63) is 33.8 Å². The molecular weight excluding hydrogens is 234 g/mol. The lowest BCUT2D eigenvalue weighted by molar-refractivity contribution is 0.412. The smallest absolute Gasteiger partial charge is 0.419 e. The molecule has 0 aliphatic rings.